The highest BCUT2D eigenvalue weighted by Gasteiger charge is 1.98. The molecular weight excluding hydrogens is 236 g/mol. The van der Waals surface area contributed by atoms with Crippen LogP contribution >= 0.6 is 15.9 Å². The lowest BCUT2D eigenvalue weighted by atomic mass is 10.0. The molecular formula is C13H13Br. The average Bonchev–Trinajstić information content (AvgIpc) is 2.20. The number of hydrogen-bond acceptors (Lipinski definition) is 0. The SMILES string of the molecule is Cc1cccc2ccc(CCBr)cc12. The molecule has 2 rings (SSSR count). The maximum atomic E-state index is 3.47. The van der Waals surface area contributed by atoms with Gasteiger partial charge in [-0.2, -0.15) is 0 Å². The van der Waals surface area contributed by atoms with Gasteiger partial charge in [0.1, 0.15) is 0 Å². The minimum Gasteiger partial charge on any atom is -0.0924 e. The van der Waals surface area contributed by atoms with E-state index in [-0.39, 0.29) is 0 Å². The number of fused-ring (bicyclic) bond motifs is 1. The maximum Gasteiger partial charge on any atom is 0.00718 e. The Morgan fingerprint density at radius 3 is 2.79 bits per heavy atom. The van der Waals surface area contributed by atoms with Crippen LogP contribution in [0.25, 0.3) is 10.8 Å². The van der Waals surface area contributed by atoms with Crippen molar-refractivity contribution in [1.82, 2.24) is 0 Å². The lowest BCUT2D eigenvalue weighted by Crippen LogP contribution is -1.86. The van der Waals surface area contributed by atoms with Crippen molar-refractivity contribution in [3.63, 3.8) is 0 Å². The molecule has 0 heterocycles. The van der Waals surface area contributed by atoms with E-state index >= 15 is 0 Å². The fraction of sp³-hybridized carbons (Fsp3) is 0.231. The van der Waals surface area contributed by atoms with E-state index in [1.54, 1.807) is 0 Å². The Labute approximate surface area is 93.1 Å². The quantitative estimate of drug-likeness (QED) is 0.703. The summed E-state index contributed by atoms with van der Waals surface area (Å²) in [7, 11) is 0. The Morgan fingerprint density at radius 1 is 1.14 bits per heavy atom. The van der Waals surface area contributed by atoms with Crippen LogP contribution in [0.15, 0.2) is 36.4 Å². The van der Waals surface area contributed by atoms with Crippen LogP contribution < -0.4 is 0 Å². The lowest BCUT2D eigenvalue weighted by Gasteiger charge is -2.04. The molecule has 0 saturated heterocycles. The van der Waals surface area contributed by atoms with E-state index in [4.69, 9.17) is 0 Å². The Balaban J connectivity index is 2.58. The predicted octanol–water partition coefficient (Wildman–Crippen LogP) is 4.09. The second kappa shape index (κ2) is 4.14. The molecule has 1 heteroatoms. The average molecular weight is 249 g/mol. The van der Waals surface area contributed by atoms with E-state index in [1.807, 2.05) is 0 Å². The Morgan fingerprint density at radius 2 is 2.00 bits per heavy atom. The van der Waals surface area contributed by atoms with Crippen LogP contribution in [-0.4, -0.2) is 5.33 Å². The summed E-state index contributed by atoms with van der Waals surface area (Å²) in [5.74, 6) is 0. The van der Waals surface area contributed by atoms with Crippen LogP contribution in [0.5, 0.6) is 0 Å². The highest BCUT2D eigenvalue weighted by atomic mass is 79.9. The van der Waals surface area contributed by atoms with Crippen molar-refractivity contribution in [3.05, 3.63) is 47.5 Å². The Bertz CT molecular complexity index is 446. The molecule has 0 aliphatic carbocycles. The van der Waals surface area contributed by atoms with Crippen LogP contribution in [-0.2, 0) is 6.42 Å². The first-order chi connectivity index (χ1) is 6.81. The van der Waals surface area contributed by atoms with Crippen LogP contribution in [0, 0.1) is 6.92 Å². The second-order valence-corrected chi connectivity index (χ2v) is 4.36. The number of benzene rings is 2. The minimum atomic E-state index is 1.03. The summed E-state index contributed by atoms with van der Waals surface area (Å²) in [5, 5.41) is 3.75. The van der Waals surface area contributed by atoms with E-state index in [2.05, 4.69) is 59.3 Å². The zero-order valence-electron chi connectivity index (χ0n) is 8.26. The first-order valence-corrected chi connectivity index (χ1v) is 5.97. The van der Waals surface area contributed by atoms with Gasteiger partial charge in [0.05, 0.1) is 0 Å². The molecule has 0 saturated carbocycles. The molecule has 2 aromatic rings. The standard InChI is InChI=1S/C13H13Br/c1-10-3-2-4-12-6-5-11(7-8-14)9-13(10)12/h2-6,9H,7-8H2,1H3. The van der Waals surface area contributed by atoms with Crippen LogP contribution in [0.2, 0.25) is 0 Å². The molecule has 0 aromatic heterocycles. The molecule has 0 aliphatic heterocycles. The molecule has 0 atom stereocenters. The van der Waals surface area contributed by atoms with E-state index in [1.165, 1.54) is 21.9 Å². The zero-order valence-corrected chi connectivity index (χ0v) is 9.84. The molecule has 14 heavy (non-hydrogen) atoms. The number of aryl methyl sites for hydroxylation is 2. The second-order valence-electron chi connectivity index (χ2n) is 3.57. The fourth-order valence-electron chi connectivity index (χ4n) is 1.74. The molecule has 0 amide bonds. The van der Waals surface area contributed by atoms with Crippen molar-refractivity contribution in [1.29, 1.82) is 0 Å². The first kappa shape index (κ1) is 9.72. The molecule has 2 aromatic carbocycles. The van der Waals surface area contributed by atoms with Crippen molar-refractivity contribution in [2.45, 2.75) is 13.3 Å². The monoisotopic (exact) mass is 248 g/mol. The normalized spacial score (nSPS) is 10.7. The molecule has 0 radical (unpaired) electrons. The summed E-state index contributed by atoms with van der Waals surface area (Å²) < 4.78 is 0. The van der Waals surface area contributed by atoms with Gasteiger partial charge in [-0.1, -0.05) is 52.3 Å². The molecule has 0 fully saturated rings. The van der Waals surface area contributed by atoms with Gasteiger partial charge in [-0.25, -0.2) is 0 Å². The van der Waals surface area contributed by atoms with Crippen LogP contribution in [0.4, 0.5) is 0 Å². The van der Waals surface area contributed by atoms with Gasteiger partial charge in [-0.15, -0.1) is 0 Å². The molecule has 0 nitrogen and oxygen atoms in total. The zero-order chi connectivity index (χ0) is 9.97. The van der Waals surface area contributed by atoms with Gasteiger partial charge >= 0.3 is 0 Å². The summed E-state index contributed by atoms with van der Waals surface area (Å²) in [5.41, 5.74) is 2.77. The van der Waals surface area contributed by atoms with Gasteiger partial charge in [0.2, 0.25) is 0 Å². The van der Waals surface area contributed by atoms with Crippen LogP contribution in [0.3, 0.4) is 0 Å². The van der Waals surface area contributed by atoms with Gasteiger partial charge in [0, 0.05) is 5.33 Å². The molecule has 0 aliphatic rings. The van der Waals surface area contributed by atoms with Gasteiger partial charge in [0.25, 0.3) is 0 Å². The number of halogens is 1. The number of hydrogen-bond donors (Lipinski definition) is 0. The number of rotatable bonds is 2. The highest BCUT2D eigenvalue weighted by molar-refractivity contribution is 9.09. The largest absolute Gasteiger partial charge is 0.0924 e. The number of alkyl halides is 1. The fourth-order valence-corrected chi connectivity index (χ4v) is 2.20. The molecule has 72 valence electrons. The summed E-state index contributed by atoms with van der Waals surface area (Å²) in [6, 6.07) is 13.2. The third kappa shape index (κ3) is 1.83. The van der Waals surface area contributed by atoms with E-state index in [9.17, 15) is 0 Å². The predicted molar refractivity (Wildman–Crippen MR) is 66.2 cm³/mol. The molecule has 0 unspecified atom stereocenters. The topological polar surface area (TPSA) is 0 Å². The summed E-state index contributed by atoms with van der Waals surface area (Å²) >= 11 is 3.47. The van der Waals surface area contributed by atoms with Crippen molar-refractivity contribution in [2.75, 3.05) is 5.33 Å². The van der Waals surface area contributed by atoms with E-state index in [0.29, 0.717) is 0 Å². The van der Waals surface area contributed by atoms with Crippen LogP contribution in [0.1, 0.15) is 11.1 Å². The van der Waals surface area contributed by atoms with Gasteiger partial charge in [-0.3, -0.25) is 0 Å². The maximum absolute atomic E-state index is 3.47. The Kier molecular flexibility index (Phi) is 2.87. The highest BCUT2D eigenvalue weighted by Crippen LogP contribution is 2.20. The van der Waals surface area contributed by atoms with Gasteiger partial charge < -0.3 is 0 Å². The lowest BCUT2D eigenvalue weighted by molar-refractivity contribution is 1.17. The van der Waals surface area contributed by atoms with Crippen molar-refractivity contribution < 1.29 is 0 Å². The minimum absolute atomic E-state index is 1.03. The van der Waals surface area contributed by atoms with Gasteiger partial charge in [0.15, 0.2) is 0 Å². The van der Waals surface area contributed by atoms with E-state index < -0.39 is 0 Å². The summed E-state index contributed by atoms with van der Waals surface area (Å²) in [6.45, 7) is 2.17. The van der Waals surface area contributed by atoms with E-state index in [0.717, 1.165) is 11.8 Å². The third-order valence-electron chi connectivity index (χ3n) is 2.55. The Hall–Kier alpha value is -0.820. The first-order valence-electron chi connectivity index (χ1n) is 4.85. The molecule has 0 spiro atoms. The van der Waals surface area contributed by atoms with Gasteiger partial charge in [-0.05, 0) is 35.2 Å². The third-order valence-corrected chi connectivity index (χ3v) is 2.94. The smallest absolute Gasteiger partial charge is 0.00718 e. The molecule has 0 bridgehead atoms. The molecule has 0 N–H and O–H groups in total. The summed E-state index contributed by atoms with van der Waals surface area (Å²) in [4.78, 5) is 0. The van der Waals surface area contributed by atoms with Crippen molar-refractivity contribution >= 4 is 26.7 Å². The van der Waals surface area contributed by atoms with Crippen molar-refractivity contribution in [3.8, 4) is 0 Å². The van der Waals surface area contributed by atoms with Crippen molar-refractivity contribution in [2.24, 2.45) is 0 Å². The summed E-state index contributed by atoms with van der Waals surface area (Å²) in [6.07, 6.45) is 1.10.